The Balaban J connectivity index is 2.78. The Hall–Kier alpha value is -1.50. The van der Waals surface area contributed by atoms with Gasteiger partial charge in [-0.15, -0.1) is 0 Å². The molecule has 0 saturated carbocycles. The minimum Gasteiger partial charge on any atom is -0.307 e. The first kappa shape index (κ1) is 12.0. The van der Waals surface area contributed by atoms with Crippen LogP contribution in [0.1, 0.15) is 0 Å². The normalized spacial score (nSPS) is 11.3. The van der Waals surface area contributed by atoms with Crippen LogP contribution in [0.25, 0.3) is 10.9 Å². The Morgan fingerprint density at radius 1 is 1.35 bits per heavy atom. The molecule has 0 fully saturated rings. The molecule has 0 amide bonds. The number of alkyl halides is 2. The van der Waals surface area contributed by atoms with E-state index in [-0.39, 0.29) is 5.39 Å². The number of H-pyrrole nitrogens is 1. The molecular weight excluding hydrogens is 298 g/mol. The van der Waals surface area contributed by atoms with Gasteiger partial charge in [-0.05, 0) is 18.2 Å². The van der Waals surface area contributed by atoms with Crippen LogP contribution in [0.3, 0.4) is 0 Å². The van der Waals surface area contributed by atoms with Gasteiger partial charge in [0.2, 0.25) is 0 Å². The number of hydrogen-bond donors (Lipinski definition) is 1. The highest BCUT2D eigenvalue weighted by atomic mass is 79.9. The molecule has 0 aliphatic carbocycles. The summed E-state index contributed by atoms with van der Waals surface area (Å²) in [7, 11) is 0. The SMILES string of the molecule is O=c1[nH]c2ccc(Br)cc2c(=O)n1CC(F)F. The van der Waals surface area contributed by atoms with Crippen LogP contribution >= 0.6 is 15.9 Å². The Morgan fingerprint density at radius 3 is 2.71 bits per heavy atom. The minimum absolute atomic E-state index is 0.194. The summed E-state index contributed by atoms with van der Waals surface area (Å²) >= 11 is 3.17. The lowest BCUT2D eigenvalue weighted by Crippen LogP contribution is -2.36. The number of nitrogens with zero attached hydrogens (tertiary/aromatic N) is 1. The summed E-state index contributed by atoms with van der Waals surface area (Å²) in [6, 6.07) is 4.67. The summed E-state index contributed by atoms with van der Waals surface area (Å²) in [6.07, 6.45) is -2.75. The molecule has 4 nitrogen and oxygen atoms in total. The zero-order chi connectivity index (χ0) is 12.6. The van der Waals surface area contributed by atoms with E-state index in [1.54, 1.807) is 6.07 Å². The van der Waals surface area contributed by atoms with Gasteiger partial charge in [-0.1, -0.05) is 15.9 Å². The monoisotopic (exact) mass is 304 g/mol. The van der Waals surface area contributed by atoms with Gasteiger partial charge in [-0.3, -0.25) is 9.36 Å². The van der Waals surface area contributed by atoms with Crippen LogP contribution in [0.4, 0.5) is 8.78 Å². The van der Waals surface area contributed by atoms with E-state index in [1.165, 1.54) is 12.1 Å². The van der Waals surface area contributed by atoms with Gasteiger partial charge >= 0.3 is 5.69 Å². The van der Waals surface area contributed by atoms with Gasteiger partial charge in [-0.2, -0.15) is 0 Å². The van der Waals surface area contributed by atoms with Gasteiger partial charge in [0.25, 0.3) is 12.0 Å². The van der Waals surface area contributed by atoms with E-state index in [2.05, 4.69) is 20.9 Å². The van der Waals surface area contributed by atoms with Crippen LogP contribution < -0.4 is 11.2 Å². The molecular formula is C10H7BrF2N2O2. The third kappa shape index (κ3) is 2.28. The van der Waals surface area contributed by atoms with E-state index in [0.29, 0.717) is 14.6 Å². The first-order valence-corrected chi connectivity index (χ1v) is 5.49. The average molecular weight is 305 g/mol. The Morgan fingerprint density at radius 2 is 2.06 bits per heavy atom. The third-order valence-electron chi connectivity index (χ3n) is 2.26. The number of aromatic amines is 1. The molecule has 17 heavy (non-hydrogen) atoms. The van der Waals surface area contributed by atoms with Crippen molar-refractivity contribution in [1.82, 2.24) is 9.55 Å². The second-order valence-corrected chi connectivity index (χ2v) is 4.34. The summed E-state index contributed by atoms with van der Waals surface area (Å²) in [5.74, 6) is 0. The van der Waals surface area contributed by atoms with Gasteiger partial charge in [0.1, 0.15) is 0 Å². The molecule has 0 saturated heterocycles. The Kier molecular flexibility index (Phi) is 3.10. The number of fused-ring (bicyclic) bond motifs is 1. The molecule has 0 unspecified atom stereocenters. The van der Waals surface area contributed by atoms with E-state index in [9.17, 15) is 18.4 Å². The smallest absolute Gasteiger partial charge is 0.307 e. The number of aromatic nitrogens is 2. The predicted octanol–water partition coefficient (Wildman–Crippen LogP) is 1.72. The summed E-state index contributed by atoms with van der Waals surface area (Å²) in [4.78, 5) is 25.6. The van der Waals surface area contributed by atoms with E-state index in [1.807, 2.05) is 0 Å². The highest BCUT2D eigenvalue weighted by Crippen LogP contribution is 2.14. The predicted molar refractivity (Wildman–Crippen MR) is 62.5 cm³/mol. The van der Waals surface area contributed by atoms with Crippen molar-refractivity contribution in [2.45, 2.75) is 13.0 Å². The maximum absolute atomic E-state index is 12.2. The van der Waals surface area contributed by atoms with E-state index in [0.717, 1.165) is 0 Å². The Bertz CT molecular complexity index is 678. The van der Waals surface area contributed by atoms with E-state index >= 15 is 0 Å². The molecule has 0 bridgehead atoms. The molecule has 0 aliphatic heterocycles. The maximum Gasteiger partial charge on any atom is 0.329 e. The lowest BCUT2D eigenvalue weighted by Gasteiger charge is -2.05. The molecule has 1 aromatic carbocycles. The van der Waals surface area contributed by atoms with Crippen molar-refractivity contribution in [2.24, 2.45) is 0 Å². The molecule has 2 aromatic rings. The summed E-state index contributed by atoms with van der Waals surface area (Å²) in [5.41, 5.74) is -1.22. The zero-order valence-corrected chi connectivity index (χ0v) is 10.0. The van der Waals surface area contributed by atoms with Crippen LogP contribution in [0.2, 0.25) is 0 Å². The molecule has 1 N–H and O–H groups in total. The van der Waals surface area contributed by atoms with Crippen LogP contribution in [-0.2, 0) is 6.54 Å². The average Bonchev–Trinajstić information content (AvgIpc) is 2.25. The van der Waals surface area contributed by atoms with E-state index in [4.69, 9.17) is 0 Å². The van der Waals surface area contributed by atoms with Crippen molar-refractivity contribution in [3.8, 4) is 0 Å². The quantitative estimate of drug-likeness (QED) is 0.918. The fourth-order valence-corrected chi connectivity index (χ4v) is 1.89. The van der Waals surface area contributed by atoms with E-state index < -0.39 is 24.2 Å². The molecule has 0 spiro atoms. The van der Waals surface area contributed by atoms with Crippen LogP contribution in [0, 0.1) is 0 Å². The standard InChI is InChI=1S/C10H7BrF2N2O2/c11-5-1-2-7-6(3-5)9(16)15(4-8(12)13)10(17)14-7/h1-3,8H,4H2,(H,14,17). The van der Waals surface area contributed by atoms with Gasteiger partial charge in [0, 0.05) is 4.47 Å². The highest BCUT2D eigenvalue weighted by Gasteiger charge is 2.12. The van der Waals surface area contributed by atoms with Crippen LogP contribution in [0.5, 0.6) is 0 Å². The highest BCUT2D eigenvalue weighted by molar-refractivity contribution is 9.10. The molecule has 0 radical (unpaired) electrons. The lowest BCUT2D eigenvalue weighted by atomic mass is 10.2. The lowest BCUT2D eigenvalue weighted by molar-refractivity contribution is 0.123. The van der Waals surface area contributed by atoms with Crippen molar-refractivity contribution in [1.29, 1.82) is 0 Å². The maximum atomic E-state index is 12.2. The topological polar surface area (TPSA) is 54.9 Å². The van der Waals surface area contributed by atoms with Crippen LogP contribution in [0.15, 0.2) is 32.3 Å². The van der Waals surface area contributed by atoms with Crippen molar-refractivity contribution < 1.29 is 8.78 Å². The zero-order valence-electron chi connectivity index (χ0n) is 8.41. The number of benzene rings is 1. The second-order valence-electron chi connectivity index (χ2n) is 3.43. The summed E-state index contributed by atoms with van der Waals surface area (Å²) in [6.45, 7) is -0.906. The van der Waals surface area contributed by atoms with Gasteiger partial charge < -0.3 is 4.98 Å². The fraction of sp³-hybridized carbons (Fsp3) is 0.200. The molecule has 1 heterocycles. The largest absolute Gasteiger partial charge is 0.329 e. The van der Waals surface area contributed by atoms with Gasteiger partial charge in [0.05, 0.1) is 17.4 Å². The van der Waals surface area contributed by atoms with Crippen molar-refractivity contribution >= 4 is 26.8 Å². The van der Waals surface area contributed by atoms with Gasteiger partial charge in [-0.25, -0.2) is 13.6 Å². The summed E-state index contributed by atoms with van der Waals surface area (Å²) < 4.78 is 25.6. The molecule has 2 rings (SSSR count). The number of hydrogen-bond acceptors (Lipinski definition) is 2. The number of nitrogens with one attached hydrogen (secondary N) is 1. The van der Waals surface area contributed by atoms with Crippen molar-refractivity contribution in [2.75, 3.05) is 0 Å². The van der Waals surface area contributed by atoms with Crippen LogP contribution in [-0.4, -0.2) is 16.0 Å². The number of rotatable bonds is 2. The molecule has 7 heteroatoms. The van der Waals surface area contributed by atoms with Crippen molar-refractivity contribution in [3.63, 3.8) is 0 Å². The third-order valence-corrected chi connectivity index (χ3v) is 2.76. The number of halogens is 3. The first-order chi connectivity index (χ1) is 7.99. The van der Waals surface area contributed by atoms with Crippen molar-refractivity contribution in [3.05, 3.63) is 43.5 Å². The minimum atomic E-state index is -2.75. The first-order valence-electron chi connectivity index (χ1n) is 4.69. The fourth-order valence-electron chi connectivity index (χ4n) is 1.53. The van der Waals surface area contributed by atoms with Gasteiger partial charge in [0.15, 0.2) is 0 Å². The Labute approximate surface area is 102 Å². The molecule has 0 aliphatic rings. The summed E-state index contributed by atoms with van der Waals surface area (Å²) in [5, 5.41) is 0.194. The molecule has 90 valence electrons. The molecule has 1 aromatic heterocycles. The molecule has 0 atom stereocenters. The second kappa shape index (κ2) is 4.40.